The maximum Gasteiger partial charge on any atom is 0.262 e. The molecule has 0 fully saturated rings. The van der Waals surface area contributed by atoms with Crippen molar-refractivity contribution in [1.29, 1.82) is 0 Å². The molecule has 0 amide bonds. The monoisotopic (exact) mass is 679 g/mol. The SMILES string of the molecule is CC(/C=C/c1sc2cc(C)c(C)cc2[n+]1CCCOS(=O)(=O)[O-])=C\C=C1/Sc2cc(C)c(C)cc2N1CCCOS(=O)(=O)[O-]. The quantitative estimate of drug-likeness (QED) is 0.0741. The van der Waals surface area contributed by atoms with Gasteiger partial charge in [0.15, 0.2) is 6.54 Å². The molecule has 2 aromatic carbocycles. The number of fused-ring (bicyclic) bond motifs is 2. The lowest BCUT2D eigenvalue weighted by atomic mass is 10.1. The van der Waals surface area contributed by atoms with Crippen LogP contribution in [0.4, 0.5) is 5.69 Å². The Morgan fingerprint density at radius 1 is 0.909 bits per heavy atom. The lowest BCUT2D eigenvalue weighted by Gasteiger charge is -2.21. The molecule has 14 heteroatoms. The van der Waals surface area contributed by atoms with Crippen molar-refractivity contribution in [2.75, 3.05) is 24.7 Å². The molecule has 4 rings (SSSR count). The molecule has 0 saturated carbocycles. The van der Waals surface area contributed by atoms with Crippen molar-refractivity contribution < 1.29 is 38.9 Å². The standard InChI is InChI=1S/C30H36N2O8S4/c1-20(8-10-29-31(12-6-14-39-43(33,34)35)25-16-21(2)23(4)18-27(25)41-29)9-11-30-32(13-7-15-40-44(36,37)38)26-17-22(3)24(5)19-28(26)42-30/h8-11,16-19H,6-7,12-15H2,1-5H3,(H-,33,34,35,36,37,38)/p-1. The van der Waals surface area contributed by atoms with E-state index in [1.807, 2.05) is 45.1 Å². The number of anilines is 1. The van der Waals surface area contributed by atoms with E-state index >= 15 is 0 Å². The van der Waals surface area contributed by atoms with Crippen molar-refractivity contribution in [2.45, 2.75) is 58.9 Å². The van der Waals surface area contributed by atoms with Crippen molar-refractivity contribution in [3.05, 3.63) is 80.4 Å². The van der Waals surface area contributed by atoms with Gasteiger partial charge in [0.1, 0.15) is 4.70 Å². The Bertz CT molecular complexity index is 1860. The third kappa shape index (κ3) is 9.23. The van der Waals surface area contributed by atoms with Crippen molar-refractivity contribution in [2.24, 2.45) is 0 Å². The normalized spacial score (nSPS) is 15.3. The lowest BCUT2D eigenvalue weighted by molar-refractivity contribution is -0.669. The Labute approximate surface area is 267 Å². The summed E-state index contributed by atoms with van der Waals surface area (Å²) in [6.45, 7) is 10.8. The molecule has 1 aromatic heterocycles. The van der Waals surface area contributed by atoms with E-state index in [1.165, 1.54) is 11.1 Å². The van der Waals surface area contributed by atoms with Crippen LogP contribution in [0.2, 0.25) is 0 Å². The molecule has 0 saturated heterocycles. The molecule has 10 nitrogen and oxygen atoms in total. The summed E-state index contributed by atoms with van der Waals surface area (Å²) >= 11 is 3.25. The maximum atomic E-state index is 10.9. The minimum atomic E-state index is -4.74. The molecular formula is C30H35N2O8S4-. The van der Waals surface area contributed by atoms with E-state index in [-0.39, 0.29) is 13.2 Å². The Kier molecular flexibility index (Phi) is 11.1. The molecule has 3 aromatic rings. The van der Waals surface area contributed by atoms with E-state index in [1.54, 1.807) is 23.1 Å². The van der Waals surface area contributed by atoms with Gasteiger partial charge in [-0.05, 0) is 87.6 Å². The number of rotatable bonds is 13. The van der Waals surface area contributed by atoms with Crippen LogP contribution in [0.3, 0.4) is 0 Å². The zero-order valence-corrected chi connectivity index (χ0v) is 28.4. The third-order valence-electron chi connectivity index (χ3n) is 7.18. The number of nitrogens with zero attached hydrogens (tertiary/aromatic N) is 2. The predicted molar refractivity (Wildman–Crippen MR) is 172 cm³/mol. The van der Waals surface area contributed by atoms with Crippen LogP contribution in [-0.4, -0.2) is 45.7 Å². The minimum absolute atomic E-state index is 0.189. The second kappa shape index (κ2) is 14.3. The van der Waals surface area contributed by atoms with Crippen LogP contribution in [0.5, 0.6) is 0 Å². The summed E-state index contributed by atoms with van der Waals surface area (Å²) in [5, 5.41) is 1.94. The first kappa shape index (κ1) is 34.3. The number of thioether (sulfide) groups is 1. The average molecular weight is 680 g/mol. The van der Waals surface area contributed by atoms with Gasteiger partial charge < -0.3 is 14.0 Å². The molecule has 1 aliphatic rings. The predicted octanol–water partition coefficient (Wildman–Crippen LogP) is 5.57. The van der Waals surface area contributed by atoms with Crippen LogP contribution in [0.15, 0.2) is 58.0 Å². The average Bonchev–Trinajstić information content (AvgIpc) is 3.42. The molecule has 238 valence electrons. The molecule has 0 atom stereocenters. The highest BCUT2D eigenvalue weighted by molar-refractivity contribution is 8.03. The van der Waals surface area contributed by atoms with Crippen LogP contribution in [-0.2, 0) is 35.7 Å². The fourth-order valence-electron chi connectivity index (χ4n) is 4.64. The van der Waals surface area contributed by atoms with Crippen LogP contribution in [0.25, 0.3) is 16.3 Å². The second-order valence-corrected chi connectivity index (χ2v) is 14.8. The molecule has 2 heterocycles. The second-order valence-electron chi connectivity index (χ2n) is 10.6. The number of allylic oxidation sites excluding steroid dienone is 4. The third-order valence-corrected chi connectivity index (χ3v) is 10.3. The molecule has 0 aliphatic carbocycles. The number of hydrogen-bond acceptors (Lipinski definition) is 11. The summed E-state index contributed by atoms with van der Waals surface area (Å²) in [6.07, 6.45) is 8.76. The van der Waals surface area contributed by atoms with Crippen LogP contribution in [0.1, 0.15) is 47.0 Å². The van der Waals surface area contributed by atoms with Crippen LogP contribution in [0, 0.1) is 27.7 Å². The van der Waals surface area contributed by atoms with Crippen molar-refractivity contribution in [3.8, 4) is 0 Å². The maximum absolute atomic E-state index is 10.9. The summed E-state index contributed by atoms with van der Waals surface area (Å²) in [5.41, 5.74) is 7.69. The number of benzene rings is 2. The van der Waals surface area contributed by atoms with Crippen LogP contribution >= 0.6 is 23.1 Å². The Hall–Kier alpha value is -2.56. The van der Waals surface area contributed by atoms with Gasteiger partial charge in [-0.15, -0.1) is 0 Å². The van der Waals surface area contributed by atoms with E-state index < -0.39 is 20.8 Å². The Morgan fingerprint density at radius 3 is 2.20 bits per heavy atom. The van der Waals surface area contributed by atoms with Crippen LogP contribution < -0.4 is 9.47 Å². The molecule has 0 radical (unpaired) electrons. The highest BCUT2D eigenvalue weighted by Crippen LogP contribution is 2.47. The smallest absolute Gasteiger partial charge is 0.262 e. The molecule has 0 spiro atoms. The number of aryl methyl sites for hydroxylation is 5. The molecule has 44 heavy (non-hydrogen) atoms. The number of thiazole rings is 1. The topological polar surface area (TPSA) is 140 Å². The van der Waals surface area contributed by atoms with E-state index in [4.69, 9.17) is 0 Å². The highest BCUT2D eigenvalue weighted by Gasteiger charge is 2.25. The summed E-state index contributed by atoms with van der Waals surface area (Å²) in [5.74, 6) is 0. The van der Waals surface area contributed by atoms with E-state index in [9.17, 15) is 25.9 Å². The summed E-state index contributed by atoms with van der Waals surface area (Å²) in [4.78, 5) is 3.21. The summed E-state index contributed by atoms with van der Waals surface area (Å²) in [7, 11) is -9.47. The summed E-state index contributed by atoms with van der Waals surface area (Å²) < 4.78 is 77.2. The van der Waals surface area contributed by atoms with E-state index in [0.29, 0.717) is 25.9 Å². The molecule has 1 aliphatic heterocycles. The molecular weight excluding hydrogens is 645 g/mol. The number of aromatic nitrogens is 1. The first-order chi connectivity index (χ1) is 20.6. The van der Waals surface area contributed by atoms with Gasteiger partial charge in [-0.3, -0.25) is 8.37 Å². The highest BCUT2D eigenvalue weighted by atomic mass is 32.3. The fourth-order valence-corrected chi connectivity index (χ4v) is 7.63. The molecule has 0 N–H and O–H groups in total. The Balaban J connectivity index is 1.57. The van der Waals surface area contributed by atoms with Crippen molar-refractivity contribution >= 4 is 65.9 Å². The zero-order valence-electron chi connectivity index (χ0n) is 25.2. The van der Waals surface area contributed by atoms with Gasteiger partial charge in [-0.25, -0.2) is 16.8 Å². The van der Waals surface area contributed by atoms with E-state index in [2.05, 4.69) is 55.9 Å². The fraction of sp³-hybridized carbons (Fsp3) is 0.367. The van der Waals surface area contributed by atoms with Gasteiger partial charge in [0, 0.05) is 30.0 Å². The van der Waals surface area contributed by atoms with Gasteiger partial charge in [0.2, 0.25) is 26.3 Å². The Morgan fingerprint density at radius 2 is 1.52 bits per heavy atom. The minimum Gasteiger partial charge on any atom is -0.726 e. The van der Waals surface area contributed by atoms with Gasteiger partial charge in [-0.1, -0.05) is 40.8 Å². The van der Waals surface area contributed by atoms with Crippen molar-refractivity contribution in [3.63, 3.8) is 0 Å². The largest absolute Gasteiger partial charge is 0.726 e. The van der Waals surface area contributed by atoms with Gasteiger partial charge >= 0.3 is 0 Å². The molecule has 0 unspecified atom stereocenters. The summed E-state index contributed by atoms with van der Waals surface area (Å²) in [6, 6.07) is 8.50. The first-order valence-corrected chi connectivity index (χ1v) is 18.2. The lowest BCUT2D eigenvalue weighted by Crippen LogP contribution is -2.35. The molecule has 0 bridgehead atoms. The number of hydrogen-bond donors (Lipinski definition) is 0. The van der Waals surface area contributed by atoms with Crippen molar-refractivity contribution in [1.82, 2.24) is 0 Å². The van der Waals surface area contributed by atoms with Gasteiger partial charge in [-0.2, -0.15) is 4.57 Å². The zero-order chi connectivity index (χ0) is 32.2. The first-order valence-electron chi connectivity index (χ1n) is 13.9. The van der Waals surface area contributed by atoms with E-state index in [0.717, 1.165) is 47.5 Å². The van der Waals surface area contributed by atoms with Gasteiger partial charge in [0.05, 0.1) is 23.9 Å². The van der Waals surface area contributed by atoms with Gasteiger partial charge in [0.25, 0.3) is 5.01 Å².